The molecule has 1 heterocycles. The van der Waals surface area contributed by atoms with Crippen molar-refractivity contribution in [2.24, 2.45) is 5.10 Å². The fourth-order valence-corrected chi connectivity index (χ4v) is 5.56. The molecule has 0 saturated carbocycles. The van der Waals surface area contributed by atoms with Gasteiger partial charge in [0.05, 0.1) is 22.6 Å². The molecule has 0 unspecified atom stereocenters. The van der Waals surface area contributed by atoms with E-state index in [1.165, 1.54) is 22.5 Å². The van der Waals surface area contributed by atoms with Gasteiger partial charge in [-0.15, -0.1) is 11.3 Å². The highest BCUT2D eigenvalue weighted by molar-refractivity contribution is 14.1. The summed E-state index contributed by atoms with van der Waals surface area (Å²) in [5, 5.41) is 10.3. The normalized spacial score (nSPS) is 11.0. The van der Waals surface area contributed by atoms with Gasteiger partial charge in [-0.3, -0.25) is 4.79 Å². The Labute approximate surface area is 262 Å². The molecule has 7 nitrogen and oxygen atoms in total. The van der Waals surface area contributed by atoms with Gasteiger partial charge in [-0.1, -0.05) is 59.7 Å². The first-order valence-corrected chi connectivity index (χ1v) is 15.1. The van der Waals surface area contributed by atoms with E-state index < -0.39 is 0 Å². The topological polar surface area (TPSA) is 84.8 Å². The molecule has 0 aliphatic rings. The zero-order chi connectivity index (χ0) is 29.5. The molecule has 5 rings (SSSR count). The van der Waals surface area contributed by atoms with Crippen molar-refractivity contribution in [2.45, 2.75) is 20.5 Å². The fraction of sp³-hybridized carbons (Fsp3) is 0.121. The predicted octanol–water partition coefficient (Wildman–Crippen LogP) is 8.13. The number of methoxy groups -OCH3 is 1. The summed E-state index contributed by atoms with van der Waals surface area (Å²) in [6.07, 6.45) is 1.58. The number of carbonyl (C=O) groups is 1. The molecular formula is C33H29IN4O3S. The number of carbonyl (C=O) groups excluding carboxylic acids is 1. The van der Waals surface area contributed by atoms with Crippen molar-refractivity contribution < 1.29 is 14.3 Å². The Morgan fingerprint density at radius 1 is 0.976 bits per heavy atom. The van der Waals surface area contributed by atoms with E-state index in [0.717, 1.165) is 36.8 Å². The summed E-state index contributed by atoms with van der Waals surface area (Å²) in [5.74, 6) is 0.951. The van der Waals surface area contributed by atoms with E-state index in [0.29, 0.717) is 23.7 Å². The number of hydrogen-bond donors (Lipinski definition) is 2. The van der Waals surface area contributed by atoms with E-state index in [-0.39, 0.29) is 5.91 Å². The second kappa shape index (κ2) is 13.6. The van der Waals surface area contributed by atoms with Crippen molar-refractivity contribution >= 4 is 56.9 Å². The Bertz CT molecular complexity index is 1700. The van der Waals surface area contributed by atoms with Crippen LogP contribution < -0.4 is 20.2 Å². The predicted molar refractivity (Wildman–Crippen MR) is 178 cm³/mol. The van der Waals surface area contributed by atoms with Crippen LogP contribution in [0.3, 0.4) is 0 Å². The maximum absolute atomic E-state index is 12.7. The highest BCUT2D eigenvalue weighted by Gasteiger charge is 2.12. The first-order valence-electron chi connectivity index (χ1n) is 13.2. The molecule has 0 spiro atoms. The Hall–Kier alpha value is -4.22. The molecule has 4 aromatic carbocycles. The maximum atomic E-state index is 12.7. The number of rotatable bonds is 10. The standard InChI is InChI=1S/C33H29IN4O3S/c1-21-4-8-23(9-5-21)19-41-31-28(34)16-24(17-30(31)40-3)18-35-38-32(39)26-12-10-25(11-13-26)29-20-42-33(37-29)36-27-14-6-22(2)7-15-27/h4-18,20H,19H2,1-3H3,(H,36,37)(H,38,39)/b35-18-. The SMILES string of the molecule is COc1cc(/C=N\NC(=O)c2ccc(-c3csc(Nc4ccc(C)cc4)n3)cc2)cc(I)c1OCc1ccc(C)cc1. The molecule has 9 heteroatoms. The third-order valence-corrected chi connectivity index (χ3v) is 7.94. The van der Waals surface area contributed by atoms with Crippen LogP contribution in [0.5, 0.6) is 11.5 Å². The number of ether oxygens (including phenoxy) is 2. The largest absolute Gasteiger partial charge is 0.493 e. The second-order valence-electron chi connectivity index (χ2n) is 9.61. The second-order valence-corrected chi connectivity index (χ2v) is 11.6. The van der Waals surface area contributed by atoms with Gasteiger partial charge in [0.25, 0.3) is 5.91 Å². The molecule has 2 N–H and O–H groups in total. The van der Waals surface area contributed by atoms with Crippen molar-refractivity contribution in [3.05, 3.63) is 122 Å². The van der Waals surface area contributed by atoms with Gasteiger partial charge >= 0.3 is 0 Å². The minimum absolute atomic E-state index is 0.308. The number of aryl methyl sites for hydroxylation is 2. The van der Waals surface area contributed by atoms with Crippen LogP contribution in [0.25, 0.3) is 11.3 Å². The molecule has 0 atom stereocenters. The average Bonchev–Trinajstić information content (AvgIpc) is 3.47. The number of thiazole rings is 1. The quantitative estimate of drug-likeness (QED) is 0.0880. The van der Waals surface area contributed by atoms with Crippen LogP contribution in [0.1, 0.15) is 32.6 Å². The van der Waals surface area contributed by atoms with Crippen molar-refractivity contribution in [1.82, 2.24) is 10.4 Å². The Morgan fingerprint density at radius 3 is 2.36 bits per heavy atom. The van der Waals surface area contributed by atoms with E-state index in [9.17, 15) is 4.79 Å². The zero-order valence-corrected chi connectivity index (χ0v) is 26.3. The van der Waals surface area contributed by atoms with Gasteiger partial charge in [-0.25, -0.2) is 10.4 Å². The van der Waals surface area contributed by atoms with Gasteiger partial charge in [-0.05, 0) is 84.0 Å². The van der Waals surface area contributed by atoms with E-state index in [2.05, 4.69) is 81.5 Å². The van der Waals surface area contributed by atoms with E-state index in [1.807, 2.05) is 53.9 Å². The Balaban J connectivity index is 1.18. The number of halogens is 1. The highest BCUT2D eigenvalue weighted by atomic mass is 127. The summed E-state index contributed by atoms with van der Waals surface area (Å²) in [6.45, 7) is 4.55. The lowest BCUT2D eigenvalue weighted by Gasteiger charge is -2.13. The van der Waals surface area contributed by atoms with Crippen LogP contribution in [0, 0.1) is 17.4 Å². The van der Waals surface area contributed by atoms with E-state index in [4.69, 9.17) is 9.47 Å². The summed E-state index contributed by atoms with van der Waals surface area (Å²) in [7, 11) is 1.60. The third kappa shape index (κ3) is 7.54. The van der Waals surface area contributed by atoms with Gasteiger partial charge in [0, 0.05) is 22.2 Å². The van der Waals surface area contributed by atoms with Crippen molar-refractivity contribution in [2.75, 3.05) is 12.4 Å². The molecule has 0 saturated heterocycles. The minimum atomic E-state index is -0.308. The molecule has 0 radical (unpaired) electrons. The lowest BCUT2D eigenvalue weighted by atomic mass is 10.1. The van der Waals surface area contributed by atoms with E-state index >= 15 is 0 Å². The van der Waals surface area contributed by atoms with Crippen LogP contribution >= 0.6 is 33.9 Å². The molecule has 5 aromatic rings. The molecule has 0 aliphatic heterocycles. The summed E-state index contributed by atoms with van der Waals surface area (Å²) >= 11 is 3.74. The molecular weight excluding hydrogens is 659 g/mol. The van der Waals surface area contributed by atoms with Crippen LogP contribution in [0.2, 0.25) is 0 Å². The summed E-state index contributed by atoms with van der Waals surface area (Å²) in [6, 6.07) is 27.4. The van der Waals surface area contributed by atoms with Gasteiger partial charge in [0.1, 0.15) is 6.61 Å². The number of nitrogens with one attached hydrogen (secondary N) is 2. The molecule has 212 valence electrons. The summed E-state index contributed by atoms with van der Waals surface area (Å²) < 4.78 is 12.5. The van der Waals surface area contributed by atoms with Crippen LogP contribution in [-0.2, 0) is 6.61 Å². The number of hydrogen-bond acceptors (Lipinski definition) is 7. The lowest BCUT2D eigenvalue weighted by Crippen LogP contribution is -2.17. The fourth-order valence-electron chi connectivity index (χ4n) is 4.04. The Kier molecular flexibility index (Phi) is 9.50. The molecule has 0 bridgehead atoms. The van der Waals surface area contributed by atoms with Crippen LogP contribution in [0.4, 0.5) is 10.8 Å². The number of nitrogens with zero attached hydrogens (tertiary/aromatic N) is 2. The zero-order valence-electron chi connectivity index (χ0n) is 23.4. The van der Waals surface area contributed by atoms with Crippen LogP contribution in [0.15, 0.2) is 95.4 Å². The van der Waals surface area contributed by atoms with Crippen molar-refractivity contribution in [3.63, 3.8) is 0 Å². The molecule has 1 aromatic heterocycles. The first kappa shape index (κ1) is 29.3. The van der Waals surface area contributed by atoms with Gasteiger partial charge in [-0.2, -0.15) is 5.10 Å². The number of hydrazone groups is 1. The van der Waals surface area contributed by atoms with Gasteiger partial charge in [0.15, 0.2) is 16.6 Å². The Morgan fingerprint density at radius 2 is 1.67 bits per heavy atom. The number of amides is 1. The molecule has 1 amide bonds. The summed E-state index contributed by atoms with van der Waals surface area (Å²) in [4.78, 5) is 17.4. The number of aromatic nitrogens is 1. The van der Waals surface area contributed by atoms with Crippen molar-refractivity contribution in [3.8, 4) is 22.8 Å². The maximum Gasteiger partial charge on any atom is 0.271 e. The van der Waals surface area contributed by atoms with E-state index in [1.54, 1.807) is 25.5 Å². The number of benzene rings is 4. The molecule has 0 fully saturated rings. The monoisotopic (exact) mass is 688 g/mol. The third-order valence-electron chi connectivity index (χ3n) is 6.39. The highest BCUT2D eigenvalue weighted by Crippen LogP contribution is 2.34. The first-order chi connectivity index (χ1) is 20.4. The smallest absolute Gasteiger partial charge is 0.271 e. The van der Waals surface area contributed by atoms with Gasteiger partial charge < -0.3 is 14.8 Å². The summed E-state index contributed by atoms with van der Waals surface area (Å²) in [5.41, 5.74) is 10.1. The molecule has 0 aliphatic carbocycles. The minimum Gasteiger partial charge on any atom is -0.493 e. The number of anilines is 2. The van der Waals surface area contributed by atoms with Gasteiger partial charge in [0.2, 0.25) is 0 Å². The van der Waals surface area contributed by atoms with Crippen LogP contribution in [-0.4, -0.2) is 24.2 Å². The average molecular weight is 689 g/mol. The van der Waals surface area contributed by atoms with Crippen molar-refractivity contribution in [1.29, 1.82) is 0 Å². The molecule has 42 heavy (non-hydrogen) atoms. The lowest BCUT2D eigenvalue weighted by molar-refractivity contribution is 0.0955.